The highest BCUT2D eigenvalue weighted by molar-refractivity contribution is 8.04. The van der Waals surface area contributed by atoms with Gasteiger partial charge in [-0.15, -0.1) is 0 Å². The number of nitrogens with one attached hydrogen (secondary N) is 2. The van der Waals surface area contributed by atoms with Crippen LogP contribution in [0.25, 0.3) is 6.08 Å². The molecule has 5 nitrogen and oxygen atoms in total. The van der Waals surface area contributed by atoms with Crippen molar-refractivity contribution in [1.82, 2.24) is 5.32 Å². The van der Waals surface area contributed by atoms with E-state index in [2.05, 4.69) is 44.3 Å². The minimum Gasteiger partial charge on any atom is -0.346 e. The van der Waals surface area contributed by atoms with Crippen LogP contribution >= 0.6 is 11.8 Å². The molecule has 38 heavy (non-hydrogen) atoms. The number of thioether (sulfide) groups is 1. The lowest BCUT2D eigenvalue weighted by atomic mass is 10.1. The molecule has 0 unspecified atom stereocenters. The van der Waals surface area contributed by atoms with Crippen molar-refractivity contribution in [2.75, 3.05) is 31.1 Å². The number of quaternary nitrogens is 1. The fourth-order valence-corrected chi connectivity index (χ4v) is 5.85. The smallest absolute Gasteiger partial charge is 0.265 e. The number of anilines is 1. The van der Waals surface area contributed by atoms with Crippen LogP contribution < -0.4 is 15.1 Å². The fourth-order valence-electron chi connectivity index (χ4n) is 4.80. The van der Waals surface area contributed by atoms with E-state index in [4.69, 9.17) is 0 Å². The summed E-state index contributed by atoms with van der Waals surface area (Å²) in [5.74, 6) is -0.0667. The predicted octanol–water partition coefficient (Wildman–Crippen LogP) is 5.11. The second kappa shape index (κ2) is 13.4. The number of fused-ring (bicyclic) bond motifs is 1. The zero-order valence-electron chi connectivity index (χ0n) is 22.6. The number of nitrogens with zero attached hydrogens (tertiary/aromatic N) is 1. The van der Waals surface area contributed by atoms with Crippen molar-refractivity contribution >= 4 is 35.3 Å². The minimum atomic E-state index is -0.0574. The van der Waals surface area contributed by atoms with Crippen LogP contribution in [-0.4, -0.2) is 38.0 Å². The number of aryl methyl sites for hydroxylation is 1. The summed E-state index contributed by atoms with van der Waals surface area (Å²) in [5, 5.41) is 3.06. The molecule has 198 valence electrons. The van der Waals surface area contributed by atoms with E-state index >= 15 is 0 Å². The van der Waals surface area contributed by atoms with Crippen LogP contribution in [0.2, 0.25) is 0 Å². The van der Waals surface area contributed by atoms with E-state index in [0.717, 1.165) is 54.2 Å². The average molecular weight is 529 g/mol. The van der Waals surface area contributed by atoms with Gasteiger partial charge in [0.15, 0.2) is 0 Å². The van der Waals surface area contributed by atoms with Gasteiger partial charge in [-0.2, -0.15) is 0 Å². The molecule has 0 saturated carbocycles. The minimum absolute atomic E-state index is 0.00927. The third-order valence-electron chi connectivity index (χ3n) is 6.86. The lowest BCUT2D eigenvalue weighted by Crippen LogP contribution is -3.12. The summed E-state index contributed by atoms with van der Waals surface area (Å²) in [6, 6.07) is 23.7. The van der Waals surface area contributed by atoms with Crippen LogP contribution in [0.15, 0.2) is 82.6 Å². The molecule has 1 heterocycles. The predicted molar refractivity (Wildman–Crippen MR) is 158 cm³/mol. The van der Waals surface area contributed by atoms with Gasteiger partial charge >= 0.3 is 0 Å². The molecule has 0 fully saturated rings. The lowest BCUT2D eigenvalue weighted by molar-refractivity contribution is -0.898. The number of amides is 2. The van der Waals surface area contributed by atoms with Gasteiger partial charge in [-0.3, -0.25) is 9.59 Å². The van der Waals surface area contributed by atoms with E-state index < -0.39 is 0 Å². The zero-order chi connectivity index (χ0) is 26.9. The van der Waals surface area contributed by atoms with Crippen molar-refractivity contribution in [3.63, 3.8) is 0 Å². The first kappa shape index (κ1) is 27.7. The second-order valence-electron chi connectivity index (χ2n) is 9.77. The molecular weight excluding hydrogens is 490 g/mol. The molecule has 0 radical (unpaired) electrons. The summed E-state index contributed by atoms with van der Waals surface area (Å²) in [5.41, 5.74) is 4.77. The normalized spacial score (nSPS) is 14.2. The highest BCUT2D eigenvalue weighted by Crippen LogP contribution is 2.42. The van der Waals surface area contributed by atoms with E-state index in [-0.39, 0.29) is 11.8 Å². The highest BCUT2D eigenvalue weighted by Gasteiger charge is 2.29. The van der Waals surface area contributed by atoms with Crippen molar-refractivity contribution in [3.05, 3.63) is 100.0 Å². The Hall–Kier alpha value is -3.35. The molecule has 2 amide bonds. The van der Waals surface area contributed by atoms with Crippen LogP contribution in [0.3, 0.4) is 0 Å². The van der Waals surface area contributed by atoms with Gasteiger partial charge in [0.25, 0.3) is 11.8 Å². The van der Waals surface area contributed by atoms with Crippen LogP contribution in [0.1, 0.15) is 53.7 Å². The summed E-state index contributed by atoms with van der Waals surface area (Å²) in [4.78, 5) is 31.4. The number of carbonyl (C=O) groups excluding carboxylic acids is 2. The number of para-hydroxylation sites is 1. The van der Waals surface area contributed by atoms with Gasteiger partial charge in [-0.25, -0.2) is 0 Å². The van der Waals surface area contributed by atoms with Gasteiger partial charge in [0.1, 0.15) is 0 Å². The highest BCUT2D eigenvalue weighted by atomic mass is 32.2. The zero-order valence-corrected chi connectivity index (χ0v) is 23.4. The summed E-state index contributed by atoms with van der Waals surface area (Å²) in [7, 11) is 0. The van der Waals surface area contributed by atoms with Crippen molar-refractivity contribution in [2.45, 2.75) is 45.1 Å². The van der Waals surface area contributed by atoms with Crippen molar-refractivity contribution in [3.8, 4) is 0 Å². The molecule has 6 heteroatoms. The third-order valence-corrected chi connectivity index (χ3v) is 7.94. The quantitative estimate of drug-likeness (QED) is 0.340. The molecular formula is C32H38N3O2S+. The van der Waals surface area contributed by atoms with E-state index in [0.29, 0.717) is 23.6 Å². The topological polar surface area (TPSA) is 53.9 Å². The first-order chi connectivity index (χ1) is 18.5. The van der Waals surface area contributed by atoms with Crippen LogP contribution in [0.4, 0.5) is 5.69 Å². The molecule has 0 bridgehead atoms. The summed E-state index contributed by atoms with van der Waals surface area (Å²) in [6.45, 7) is 10.9. The molecule has 2 N–H and O–H groups in total. The van der Waals surface area contributed by atoms with Crippen LogP contribution in [0.5, 0.6) is 0 Å². The van der Waals surface area contributed by atoms with E-state index in [1.165, 1.54) is 22.2 Å². The summed E-state index contributed by atoms with van der Waals surface area (Å²) < 4.78 is 0. The largest absolute Gasteiger partial charge is 0.346 e. The second-order valence-corrected chi connectivity index (χ2v) is 10.9. The Kier molecular flexibility index (Phi) is 9.79. The number of rotatable bonds is 11. The van der Waals surface area contributed by atoms with E-state index in [9.17, 15) is 9.59 Å². The van der Waals surface area contributed by atoms with Crippen LogP contribution in [-0.2, 0) is 11.3 Å². The molecule has 3 aromatic carbocycles. The number of carbonyl (C=O) groups is 2. The first-order valence-corrected chi connectivity index (χ1v) is 14.4. The van der Waals surface area contributed by atoms with Crippen molar-refractivity contribution in [1.29, 1.82) is 0 Å². The summed E-state index contributed by atoms with van der Waals surface area (Å²) >= 11 is 1.50. The Bertz CT molecular complexity index is 1280. The molecule has 1 aliphatic heterocycles. The molecule has 0 aromatic heterocycles. The summed E-state index contributed by atoms with van der Waals surface area (Å²) in [6.07, 6.45) is 4.22. The fraction of sp³-hybridized carbons (Fsp3) is 0.312. The lowest BCUT2D eigenvalue weighted by Gasteiger charge is -2.31. The molecule has 0 saturated heterocycles. The van der Waals surface area contributed by atoms with E-state index in [1.54, 1.807) is 0 Å². The Balaban J connectivity index is 1.46. The monoisotopic (exact) mass is 528 g/mol. The Morgan fingerprint density at radius 3 is 2.32 bits per heavy atom. The van der Waals surface area contributed by atoms with Gasteiger partial charge in [0, 0.05) is 10.5 Å². The number of benzene rings is 3. The van der Waals surface area contributed by atoms with Gasteiger partial charge in [-0.1, -0.05) is 74.1 Å². The third kappa shape index (κ3) is 6.94. The van der Waals surface area contributed by atoms with E-state index in [1.807, 2.05) is 65.6 Å². The maximum absolute atomic E-state index is 13.6. The van der Waals surface area contributed by atoms with Crippen molar-refractivity contribution in [2.24, 2.45) is 0 Å². The molecule has 3 aromatic rings. The molecule has 4 rings (SSSR count). The SMILES string of the molecule is CCC[NH+](CCC)CCNC(=O)c1ccc(C=C2Sc3ccccc3N(Cc3ccccc3C)C2=O)cc1. The Morgan fingerprint density at radius 2 is 1.61 bits per heavy atom. The molecule has 0 aliphatic carbocycles. The van der Waals surface area contributed by atoms with Gasteiger partial charge in [0.05, 0.1) is 43.3 Å². The maximum atomic E-state index is 13.6. The number of hydrogen-bond donors (Lipinski definition) is 2. The van der Waals surface area contributed by atoms with Crippen molar-refractivity contribution < 1.29 is 14.5 Å². The Labute approximate surface area is 230 Å². The molecule has 0 atom stereocenters. The number of hydrogen-bond acceptors (Lipinski definition) is 3. The Morgan fingerprint density at radius 1 is 0.921 bits per heavy atom. The van der Waals surface area contributed by atoms with Gasteiger partial charge < -0.3 is 15.1 Å². The van der Waals surface area contributed by atoms with Crippen LogP contribution in [0, 0.1) is 6.92 Å². The molecule has 0 spiro atoms. The van der Waals surface area contributed by atoms with Gasteiger partial charge in [-0.05, 0) is 66.8 Å². The maximum Gasteiger partial charge on any atom is 0.265 e. The average Bonchev–Trinajstić information content (AvgIpc) is 2.92. The molecule has 1 aliphatic rings. The van der Waals surface area contributed by atoms with Gasteiger partial charge in [0.2, 0.25) is 0 Å². The standard InChI is InChI=1S/C32H37N3O2S/c1-4-19-34(20-5-2)21-18-33-31(36)26-16-14-25(15-17-26)22-30-32(37)35(23-27-11-7-6-10-24(27)3)28-12-8-9-13-29(28)38-30/h6-17,22H,4-5,18-21,23H2,1-3H3,(H,33,36)/p+1. The first-order valence-electron chi connectivity index (χ1n) is 13.6.